The lowest BCUT2D eigenvalue weighted by atomic mass is 9.55. The van der Waals surface area contributed by atoms with Gasteiger partial charge in [0.1, 0.15) is 28.9 Å². The number of Topliss-reactive ketones (excluding diaryl/α,β-unsaturated/α-hetero) is 3. The number of fused-ring (bicyclic) bond motifs is 3. The number of ketones is 3. The van der Waals surface area contributed by atoms with Gasteiger partial charge in [0.05, 0.1) is 5.56 Å². The summed E-state index contributed by atoms with van der Waals surface area (Å²) >= 11 is 0. The standard InChI is InChI=1S/C33H41NO9/c1-6-22(37)43-29-19-15-21(36)25(20(35)11-14-34-12-7-8-13-34)30(40)33(19,42)31(41)26-23(29)16(2)17-9-10-18(32(3,4)5)27(38)24(17)28(26)39/h9-10,16,19,23,29,38-40,42H,6-8,11-15H2,1-5H3. The SMILES string of the molecule is CCC(=O)OC1C2C(=C(O)c3c(ccc(C(C)(C)C)c3O)C2C)C(=O)C2(O)C(O)=C(C(=O)CCN3CCCC3)C(=O)CC12. The third-order valence-corrected chi connectivity index (χ3v) is 9.72. The van der Waals surface area contributed by atoms with E-state index >= 15 is 0 Å². The first kappa shape index (κ1) is 30.9. The number of hydrogen-bond acceptors (Lipinski definition) is 10. The van der Waals surface area contributed by atoms with Gasteiger partial charge < -0.3 is 30.1 Å². The molecule has 0 aromatic heterocycles. The minimum Gasteiger partial charge on any atom is -0.508 e. The van der Waals surface area contributed by atoms with Gasteiger partial charge in [-0.25, -0.2) is 0 Å². The number of rotatable bonds is 6. The van der Waals surface area contributed by atoms with Gasteiger partial charge in [-0.2, -0.15) is 0 Å². The van der Waals surface area contributed by atoms with E-state index in [1.807, 2.05) is 20.8 Å². The molecular weight excluding hydrogens is 554 g/mol. The highest BCUT2D eigenvalue weighted by Gasteiger charge is 2.66. The Morgan fingerprint density at radius 3 is 2.35 bits per heavy atom. The molecule has 1 heterocycles. The van der Waals surface area contributed by atoms with Crippen molar-refractivity contribution in [3.05, 3.63) is 45.7 Å². The fraction of sp³-hybridized carbons (Fsp3) is 0.576. The van der Waals surface area contributed by atoms with E-state index in [0.717, 1.165) is 25.9 Å². The lowest BCUT2D eigenvalue weighted by Gasteiger charge is -2.51. The summed E-state index contributed by atoms with van der Waals surface area (Å²) in [6, 6.07) is 3.49. The number of allylic oxidation sites excluding steroid dienone is 1. The topological polar surface area (TPSA) is 162 Å². The summed E-state index contributed by atoms with van der Waals surface area (Å²) in [5, 5.41) is 46.5. The van der Waals surface area contributed by atoms with Crippen molar-refractivity contribution in [2.24, 2.45) is 11.8 Å². The molecule has 3 aliphatic carbocycles. The number of carbonyl (C=O) groups is 4. The second kappa shape index (κ2) is 10.9. The molecule has 232 valence electrons. The fourth-order valence-electron chi connectivity index (χ4n) is 7.39. The molecule has 0 spiro atoms. The normalized spacial score (nSPS) is 29.3. The predicted octanol–water partition coefficient (Wildman–Crippen LogP) is 3.78. The highest BCUT2D eigenvalue weighted by molar-refractivity contribution is 6.24. The zero-order chi connectivity index (χ0) is 31.6. The monoisotopic (exact) mass is 595 g/mol. The molecule has 4 aliphatic rings. The molecule has 0 amide bonds. The van der Waals surface area contributed by atoms with Gasteiger partial charge in [0.2, 0.25) is 5.78 Å². The van der Waals surface area contributed by atoms with Crippen molar-refractivity contribution < 1.29 is 44.3 Å². The van der Waals surface area contributed by atoms with Crippen LogP contribution in [0.5, 0.6) is 5.75 Å². The van der Waals surface area contributed by atoms with E-state index in [0.29, 0.717) is 17.7 Å². The lowest BCUT2D eigenvalue weighted by molar-refractivity contribution is -0.178. The Bertz CT molecular complexity index is 1460. The number of phenolic OH excluding ortho intramolecular Hbond substituents is 1. The van der Waals surface area contributed by atoms with E-state index in [1.165, 1.54) is 0 Å². The zero-order valence-corrected chi connectivity index (χ0v) is 25.4. The summed E-state index contributed by atoms with van der Waals surface area (Å²) in [7, 11) is 0. The third-order valence-electron chi connectivity index (χ3n) is 9.72. The minimum absolute atomic E-state index is 0.0272. The quantitative estimate of drug-likeness (QED) is 0.281. The van der Waals surface area contributed by atoms with Gasteiger partial charge in [-0.05, 0) is 42.8 Å². The van der Waals surface area contributed by atoms with Crippen LogP contribution in [0.15, 0.2) is 29.0 Å². The largest absolute Gasteiger partial charge is 0.508 e. The van der Waals surface area contributed by atoms with Crippen molar-refractivity contribution in [1.82, 2.24) is 4.90 Å². The molecule has 1 aromatic rings. The van der Waals surface area contributed by atoms with Crippen LogP contribution in [-0.4, -0.2) is 80.0 Å². The van der Waals surface area contributed by atoms with E-state index in [9.17, 15) is 39.6 Å². The average Bonchev–Trinajstić information content (AvgIpc) is 3.46. The molecule has 5 unspecified atom stereocenters. The Balaban J connectivity index is 1.68. The summed E-state index contributed by atoms with van der Waals surface area (Å²) in [4.78, 5) is 55.8. The van der Waals surface area contributed by atoms with Crippen LogP contribution in [0.3, 0.4) is 0 Å². The highest BCUT2D eigenvalue weighted by atomic mass is 16.5. The molecular formula is C33H41NO9. The van der Waals surface area contributed by atoms with Crippen LogP contribution in [0.4, 0.5) is 0 Å². The van der Waals surface area contributed by atoms with E-state index in [-0.39, 0.29) is 29.7 Å². The van der Waals surface area contributed by atoms with Gasteiger partial charge in [-0.3, -0.25) is 19.2 Å². The Hall–Kier alpha value is -3.50. The number of benzene rings is 1. The van der Waals surface area contributed by atoms with Gasteiger partial charge >= 0.3 is 5.97 Å². The fourth-order valence-corrected chi connectivity index (χ4v) is 7.39. The second-order valence-corrected chi connectivity index (χ2v) is 13.3. The van der Waals surface area contributed by atoms with Crippen molar-refractivity contribution in [2.45, 2.75) is 89.8 Å². The summed E-state index contributed by atoms with van der Waals surface area (Å²) in [6.07, 6.45) is 0.0681. The number of nitrogens with zero attached hydrogens (tertiary/aromatic N) is 1. The van der Waals surface area contributed by atoms with Crippen LogP contribution >= 0.6 is 0 Å². The molecule has 2 fully saturated rings. The van der Waals surface area contributed by atoms with E-state index in [1.54, 1.807) is 26.0 Å². The first-order valence-electron chi connectivity index (χ1n) is 15.1. The maximum absolute atomic E-state index is 14.3. The van der Waals surface area contributed by atoms with Gasteiger partial charge in [-0.1, -0.05) is 46.8 Å². The van der Waals surface area contributed by atoms with Crippen LogP contribution in [0.25, 0.3) is 5.76 Å². The summed E-state index contributed by atoms with van der Waals surface area (Å²) in [6.45, 7) is 11.0. The Kier molecular flexibility index (Phi) is 7.84. The summed E-state index contributed by atoms with van der Waals surface area (Å²) < 4.78 is 5.81. The maximum atomic E-state index is 14.3. The van der Waals surface area contributed by atoms with Gasteiger partial charge in [-0.15, -0.1) is 0 Å². The first-order chi connectivity index (χ1) is 20.1. The number of aromatic hydroxyl groups is 1. The molecule has 4 N–H and O–H groups in total. The van der Waals surface area contributed by atoms with Crippen LogP contribution < -0.4 is 0 Å². The molecule has 5 atom stereocenters. The molecule has 1 aliphatic heterocycles. The second-order valence-electron chi connectivity index (χ2n) is 13.3. The number of likely N-dealkylation sites (tertiary alicyclic amines) is 1. The number of aliphatic hydroxyl groups is 3. The lowest BCUT2D eigenvalue weighted by Crippen LogP contribution is -2.64. The third kappa shape index (κ3) is 4.79. The Morgan fingerprint density at radius 1 is 1.09 bits per heavy atom. The molecule has 1 aromatic carbocycles. The molecule has 0 bridgehead atoms. The molecule has 1 saturated heterocycles. The Labute approximate surface area is 251 Å². The molecule has 5 rings (SSSR count). The number of phenols is 1. The van der Waals surface area contributed by atoms with Gasteiger partial charge in [0, 0.05) is 48.8 Å². The van der Waals surface area contributed by atoms with Crippen molar-refractivity contribution in [3.63, 3.8) is 0 Å². The smallest absolute Gasteiger partial charge is 0.305 e. The molecule has 43 heavy (non-hydrogen) atoms. The first-order valence-corrected chi connectivity index (χ1v) is 15.1. The van der Waals surface area contributed by atoms with Crippen LogP contribution in [0.1, 0.15) is 89.3 Å². The van der Waals surface area contributed by atoms with E-state index < -0.39 is 81.7 Å². The number of esters is 1. The number of ether oxygens (including phenoxy) is 1. The van der Waals surface area contributed by atoms with E-state index in [2.05, 4.69) is 4.90 Å². The minimum atomic E-state index is -2.81. The number of aliphatic hydroxyl groups excluding tert-OH is 2. The van der Waals surface area contributed by atoms with Crippen molar-refractivity contribution in [3.8, 4) is 5.75 Å². The number of carbonyl (C=O) groups excluding carboxylic acids is 4. The molecule has 10 heteroatoms. The van der Waals surface area contributed by atoms with Crippen molar-refractivity contribution in [2.75, 3.05) is 19.6 Å². The van der Waals surface area contributed by atoms with E-state index in [4.69, 9.17) is 4.74 Å². The number of hydrogen-bond donors (Lipinski definition) is 4. The van der Waals surface area contributed by atoms with Crippen molar-refractivity contribution in [1.29, 1.82) is 0 Å². The molecule has 10 nitrogen and oxygen atoms in total. The Morgan fingerprint density at radius 2 is 1.74 bits per heavy atom. The molecule has 0 radical (unpaired) electrons. The predicted molar refractivity (Wildman–Crippen MR) is 156 cm³/mol. The highest BCUT2D eigenvalue weighted by Crippen LogP contribution is 2.57. The van der Waals surface area contributed by atoms with Crippen molar-refractivity contribution >= 4 is 29.1 Å². The van der Waals surface area contributed by atoms with Crippen LogP contribution in [0, 0.1) is 11.8 Å². The summed E-state index contributed by atoms with van der Waals surface area (Å²) in [5.41, 5.74) is -3.22. The average molecular weight is 596 g/mol. The van der Waals surface area contributed by atoms with Gasteiger partial charge in [0.25, 0.3) is 0 Å². The summed E-state index contributed by atoms with van der Waals surface area (Å²) in [5.74, 6) is -8.06. The van der Waals surface area contributed by atoms with Gasteiger partial charge in [0.15, 0.2) is 17.2 Å². The molecule has 1 saturated carbocycles. The van der Waals surface area contributed by atoms with Crippen LogP contribution in [0.2, 0.25) is 0 Å². The van der Waals surface area contributed by atoms with Crippen LogP contribution in [-0.2, 0) is 29.3 Å². The zero-order valence-electron chi connectivity index (χ0n) is 25.4. The maximum Gasteiger partial charge on any atom is 0.305 e.